The number of carboxylic acids is 1. The van der Waals surface area contributed by atoms with Gasteiger partial charge in [0.05, 0.1) is 22.8 Å². The smallest absolute Gasteiger partial charge is 0.306 e. The number of hydrogen-bond donors (Lipinski definition) is 1. The van der Waals surface area contributed by atoms with Gasteiger partial charge in [0.25, 0.3) is 0 Å². The number of carbonyl (C=O) groups is 1. The van der Waals surface area contributed by atoms with Crippen molar-refractivity contribution in [1.29, 1.82) is 0 Å². The lowest BCUT2D eigenvalue weighted by Gasteiger charge is -2.13. The summed E-state index contributed by atoms with van der Waals surface area (Å²) >= 11 is 5.96. The summed E-state index contributed by atoms with van der Waals surface area (Å²) in [6.45, 7) is 5.63. The van der Waals surface area contributed by atoms with Gasteiger partial charge in [0.1, 0.15) is 0 Å². The van der Waals surface area contributed by atoms with Crippen molar-refractivity contribution in [3.63, 3.8) is 0 Å². The molecule has 0 fully saturated rings. The molecule has 0 aliphatic carbocycles. The van der Waals surface area contributed by atoms with Gasteiger partial charge in [0, 0.05) is 12.5 Å². The Morgan fingerprint density at radius 1 is 1.60 bits per heavy atom. The monoisotopic (exact) mass is 230 g/mol. The van der Waals surface area contributed by atoms with Crippen molar-refractivity contribution in [2.24, 2.45) is 5.92 Å². The van der Waals surface area contributed by atoms with E-state index >= 15 is 0 Å². The molecule has 0 aliphatic rings. The molecule has 0 spiro atoms. The second kappa shape index (κ2) is 4.66. The Hall–Kier alpha value is -1.03. The van der Waals surface area contributed by atoms with E-state index in [1.165, 1.54) is 0 Å². The summed E-state index contributed by atoms with van der Waals surface area (Å²) in [7, 11) is 0. The van der Waals surface area contributed by atoms with Crippen LogP contribution in [0.5, 0.6) is 0 Å². The molecule has 4 nitrogen and oxygen atoms in total. The maximum atomic E-state index is 10.7. The first-order valence-corrected chi connectivity index (χ1v) is 5.26. The van der Waals surface area contributed by atoms with Crippen LogP contribution in [0, 0.1) is 5.92 Å². The predicted octanol–water partition coefficient (Wildman–Crippen LogP) is 2.38. The normalized spacial score (nSPS) is 13.1. The summed E-state index contributed by atoms with van der Waals surface area (Å²) in [4.78, 5) is 10.7. The number of halogens is 1. The average molecular weight is 231 g/mol. The van der Waals surface area contributed by atoms with Crippen LogP contribution < -0.4 is 0 Å². The van der Waals surface area contributed by atoms with E-state index in [1.807, 2.05) is 13.8 Å². The van der Waals surface area contributed by atoms with E-state index in [9.17, 15) is 4.79 Å². The molecule has 15 heavy (non-hydrogen) atoms. The van der Waals surface area contributed by atoms with E-state index in [4.69, 9.17) is 16.7 Å². The van der Waals surface area contributed by atoms with E-state index in [1.54, 1.807) is 17.8 Å². The quantitative estimate of drug-likeness (QED) is 0.864. The van der Waals surface area contributed by atoms with Crippen LogP contribution in [0.1, 0.15) is 32.5 Å². The maximum absolute atomic E-state index is 10.7. The molecule has 1 atom stereocenters. The lowest BCUT2D eigenvalue weighted by atomic mass is 10.1. The van der Waals surface area contributed by atoms with Crippen LogP contribution in [0.3, 0.4) is 0 Å². The summed E-state index contributed by atoms with van der Waals surface area (Å²) in [6.07, 6.45) is 1.97. The van der Waals surface area contributed by atoms with Crippen LogP contribution in [-0.4, -0.2) is 20.9 Å². The lowest BCUT2D eigenvalue weighted by Crippen LogP contribution is -2.16. The zero-order valence-electron chi connectivity index (χ0n) is 9.07. The van der Waals surface area contributed by atoms with E-state index in [0.29, 0.717) is 11.4 Å². The van der Waals surface area contributed by atoms with Gasteiger partial charge >= 0.3 is 5.97 Å². The number of rotatable bonds is 4. The van der Waals surface area contributed by atoms with Crippen LogP contribution in [0.2, 0.25) is 5.02 Å². The molecule has 1 heterocycles. The molecular formula is C10H15ClN2O2. The van der Waals surface area contributed by atoms with Crippen molar-refractivity contribution >= 4 is 17.6 Å². The van der Waals surface area contributed by atoms with Gasteiger partial charge in [-0.3, -0.25) is 9.48 Å². The van der Waals surface area contributed by atoms with Crippen molar-refractivity contribution in [2.75, 3.05) is 0 Å². The minimum Gasteiger partial charge on any atom is -0.481 e. The maximum Gasteiger partial charge on any atom is 0.306 e. The molecule has 1 aromatic rings. The first kappa shape index (κ1) is 12.0. The molecule has 84 valence electrons. The Morgan fingerprint density at radius 3 is 2.67 bits per heavy atom. The molecule has 1 N–H and O–H groups in total. The summed E-state index contributed by atoms with van der Waals surface area (Å²) < 4.78 is 1.77. The standard InChI is InChI=1S/C10H15ClN2O2/c1-6(2)13-9(8(11)5-12-13)4-7(3)10(14)15/h5-7H,4H2,1-3H3,(H,14,15). The lowest BCUT2D eigenvalue weighted by molar-refractivity contribution is -0.141. The number of carboxylic acid groups (broad SMARTS) is 1. The zero-order chi connectivity index (χ0) is 11.6. The Bertz CT molecular complexity index is 360. The Labute approximate surface area is 93.9 Å². The molecule has 0 bridgehead atoms. The van der Waals surface area contributed by atoms with Gasteiger partial charge in [0.15, 0.2) is 0 Å². The van der Waals surface area contributed by atoms with Crippen LogP contribution in [0.4, 0.5) is 0 Å². The number of nitrogens with zero attached hydrogens (tertiary/aromatic N) is 2. The Morgan fingerprint density at radius 2 is 2.20 bits per heavy atom. The van der Waals surface area contributed by atoms with Crippen LogP contribution in [0.15, 0.2) is 6.20 Å². The topological polar surface area (TPSA) is 55.1 Å². The molecule has 5 heteroatoms. The van der Waals surface area contributed by atoms with Gasteiger partial charge in [-0.2, -0.15) is 5.10 Å². The van der Waals surface area contributed by atoms with E-state index in [-0.39, 0.29) is 6.04 Å². The second-order valence-electron chi connectivity index (χ2n) is 3.92. The highest BCUT2D eigenvalue weighted by Gasteiger charge is 2.18. The summed E-state index contributed by atoms with van der Waals surface area (Å²) in [5.41, 5.74) is 0.793. The minimum atomic E-state index is -0.817. The van der Waals surface area contributed by atoms with Gasteiger partial charge in [-0.25, -0.2) is 0 Å². The van der Waals surface area contributed by atoms with E-state index in [2.05, 4.69) is 5.10 Å². The highest BCUT2D eigenvalue weighted by Crippen LogP contribution is 2.21. The molecule has 0 saturated carbocycles. The van der Waals surface area contributed by atoms with Crippen LogP contribution in [-0.2, 0) is 11.2 Å². The third kappa shape index (κ3) is 2.72. The summed E-state index contributed by atoms with van der Waals surface area (Å²) in [5, 5.41) is 13.5. The van der Waals surface area contributed by atoms with Crippen LogP contribution >= 0.6 is 11.6 Å². The average Bonchev–Trinajstić information content (AvgIpc) is 2.48. The summed E-state index contributed by atoms with van der Waals surface area (Å²) in [5.74, 6) is -1.26. The zero-order valence-corrected chi connectivity index (χ0v) is 9.82. The Kier molecular flexibility index (Phi) is 3.74. The van der Waals surface area contributed by atoms with Crippen molar-refractivity contribution in [2.45, 2.75) is 33.2 Å². The van der Waals surface area contributed by atoms with Crippen molar-refractivity contribution in [3.8, 4) is 0 Å². The third-order valence-corrected chi connectivity index (χ3v) is 2.57. The predicted molar refractivity (Wildman–Crippen MR) is 58.1 cm³/mol. The number of aliphatic carboxylic acids is 1. The first-order chi connectivity index (χ1) is 6.93. The molecule has 1 unspecified atom stereocenters. The van der Waals surface area contributed by atoms with Gasteiger partial charge in [-0.1, -0.05) is 18.5 Å². The SMILES string of the molecule is CC(Cc1c(Cl)cnn1C(C)C)C(=O)O. The fourth-order valence-corrected chi connectivity index (χ4v) is 1.59. The van der Waals surface area contributed by atoms with Gasteiger partial charge in [0.2, 0.25) is 0 Å². The highest BCUT2D eigenvalue weighted by molar-refractivity contribution is 6.31. The molecule has 1 rings (SSSR count). The summed E-state index contributed by atoms with van der Waals surface area (Å²) in [6, 6.07) is 0.188. The second-order valence-corrected chi connectivity index (χ2v) is 4.33. The number of hydrogen-bond acceptors (Lipinski definition) is 2. The first-order valence-electron chi connectivity index (χ1n) is 4.88. The van der Waals surface area contributed by atoms with Gasteiger partial charge < -0.3 is 5.11 Å². The largest absolute Gasteiger partial charge is 0.481 e. The fraction of sp³-hybridized carbons (Fsp3) is 0.600. The molecular weight excluding hydrogens is 216 g/mol. The molecule has 1 aromatic heterocycles. The molecule has 0 aliphatic heterocycles. The van der Waals surface area contributed by atoms with Crippen molar-refractivity contribution < 1.29 is 9.90 Å². The van der Waals surface area contributed by atoms with Crippen molar-refractivity contribution in [3.05, 3.63) is 16.9 Å². The van der Waals surface area contributed by atoms with E-state index < -0.39 is 11.9 Å². The van der Waals surface area contributed by atoms with E-state index in [0.717, 1.165) is 5.69 Å². The molecule has 0 radical (unpaired) electrons. The Balaban J connectivity index is 2.92. The number of aromatic nitrogens is 2. The molecule has 0 saturated heterocycles. The highest BCUT2D eigenvalue weighted by atomic mass is 35.5. The third-order valence-electron chi connectivity index (χ3n) is 2.26. The molecule has 0 amide bonds. The minimum absolute atomic E-state index is 0.188. The van der Waals surface area contributed by atoms with Crippen molar-refractivity contribution in [1.82, 2.24) is 9.78 Å². The van der Waals surface area contributed by atoms with Gasteiger partial charge in [-0.05, 0) is 13.8 Å². The molecule has 0 aromatic carbocycles. The van der Waals surface area contributed by atoms with Gasteiger partial charge in [-0.15, -0.1) is 0 Å². The van der Waals surface area contributed by atoms with Crippen LogP contribution in [0.25, 0.3) is 0 Å². The fourth-order valence-electron chi connectivity index (χ4n) is 1.38.